The Kier molecular flexibility index (Phi) is 7.03. The summed E-state index contributed by atoms with van der Waals surface area (Å²) in [5.41, 5.74) is 0.947. The van der Waals surface area contributed by atoms with Gasteiger partial charge >= 0.3 is 16.5 Å². The number of hydrogen-bond donors (Lipinski definition) is 0. The predicted molar refractivity (Wildman–Crippen MR) is 56.3 cm³/mol. The second-order valence-electron chi connectivity index (χ2n) is 3.35. The average Bonchev–Trinajstić information content (AvgIpc) is 2.14. The largest absolute Gasteiger partial charge is 2.00 e. The zero-order chi connectivity index (χ0) is 10.6. The van der Waals surface area contributed by atoms with E-state index in [1.165, 1.54) is 12.1 Å². The maximum absolute atomic E-state index is 11.1. The van der Waals surface area contributed by atoms with E-state index in [0.717, 1.165) is 35.7 Å². The molecule has 1 rings (SSSR count). The standard InChI is InChI=1S/C11H15BrO2.Ni/c1-2-3-4-5-8-6-10(13)11(14)7-9(8)12;/h6-7,13-14H,2-5H2,1H3;/q;+2/p-2. The SMILES string of the molecule is CCCCCc1cc([O-])c([O-])cc1Br.[Ni+2]. The van der Waals surface area contributed by atoms with E-state index in [2.05, 4.69) is 22.9 Å². The van der Waals surface area contributed by atoms with Crippen LogP contribution in [0.25, 0.3) is 0 Å². The summed E-state index contributed by atoms with van der Waals surface area (Å²) in [4.78, 5) is 0. The molecule has 0 amide bonds. The number of unbranched alkanes of at least 4 members (excludes halogenated alkanes) is 2. The molecule has 0 saturated heterocycles. The maximum Gasteiger partial charge on any atom is 2.00 e. The zero-order valence-corrected chi connectivity index (χ0v) is 11.1. The van der Waals surface area contributed by atoms with Crippen LogP contribution in [0.2, 0.25) is 0 Å². The quantitative estimate of drug-likeness (QED) is 0.632. The summed E-state index contributed by atoms with van der Waals surface area (Å²) in [5.74, 6) is -0.837. The molecule has 0 aliphatic rings. The van der Waals surface area contributed by atoms with Crippen LogP contribution in [0.3, 0.4) is 0 Å². The smallest absolute Gasteiger partial charge is 0.873 e. The van der Waals surface area contributed by atoms with Crippen LogP contribution in [0.15, 0.2) is 16.6 Å². The molecule has 4 heteroatoms. The first-order valence-corrected chi connectivity index (χ1v) is 5.61. The van der Waals surface area contributed by atoms with Crippen LogP contribution in [0.5, 0.6) is 11.5 Å². The molecule has 15 heavy (non-hydrogen) atoms. The summed E-state index contributed by atoms with van der Waals surface area (Å²) in [6.07, 6.45) is 4.23. The molecule has 1 aromatic rings. The van der Waals surface area contributed by atoms with Crippen LogP contribution >= 0.6 is 15.9 Å². The van der Waals surface area contributed by atoms with Crippen molar-refractivity contribution in [2.24, 2.45) is 0 Å². The monoisotopic (exact) mass is 314 g/mol. The van der Waals surface area contributed by atoms with Gasteiger partial charge in [0.05, 0.1) is 0 Å². The van der Waals surface area contributed by atoms with Gasteiger partial charge in [0.15, 0.2) is 0 Å². The Bertz CT molecular complexity index is 316. The molecule has 2 nitrogen and oxygen atoms in total. The molecule has 0 spiro atoms. The van der Waals surface area contributed by atoms with Gasteiger partial charge in [-0.2, -0.15) is 0 Å². The van der Waals surface area contributed by atoms with Gasteiger partial charge in [0.25, 0.3) is 0 Å². The molecular formula is C11H13BrNiO2. The van der Waals surface area contributed by atoms with E-state index in [1.807, 2.05) is 0 Å². The molecule has 0 aliphatic carbocycles. The third-order valence-electron chi connectivity index (χ3n) is 2.16. The molecular weight excluding hydrogens is 303 g/mol. The molecule has 0 atom stereocenters. The van der Waals surface area contributed by atoms with Crippen molar-refractivity contribution in [2.45, 2.75) is 32.6 Å². The molecule has 0 saturated carbocycles. The van der Waals surface area contributed by atoms with Crippen LogP contribution in [-0.4, -0.2) is 0 Å². The molecule has 0 unspecified atom stereocenters. The van der Waals surface area contributed by atoms with Gasteiger partial charge in [-0.1, -0.05) is 47.8 Å². The number of aryl methyl sites for hydroxylation is 1. The van der Waals surface area contributed by atoms with E-state index < -0.39 is 11.5 Å². The number of hydrogen-bond acceptors (Lipinski definition) is 2. The topological polar surface area (TPSA) is 46.1 Å². The Balaban J connectivity index is 0.00000196. The summed E-state index contributed by atoms with van der Waals surface area (Å²) in [6, 6.07) is 2.81. The van der Waals surface area contributed by atoms with Crippen molar-refractivity contribution in [1.82, 2.24) is 0 Å². The number of halogens is 1. The van der Waals surface area contributed by atoms with Gasteiger partial charge in [-0.15, -0.1) is 11.5 Å². The molecule has 0 aromatic heterocycles. The Hall–Kier alpha value is -0.206. The summed E-state index contributed by atoms with van der Waals surface area (Å²) in [5, 5.41) is 22.1. The summed E-state index contributed by atoms with van der Waals surface area (Å²) < 4.78 is 0.762. The van der Waals surface area contributed by atoms with Crippen molar-refractivity contribution in [2.75, 3.05) is 0 Å². The third kappa shape index (κ3) is 4.44. The van der Waals surface area contributed by atoms with Gasteiger partial charge in [-0.25, -0.2) is 0 Å². The summed E-state index contributed by atoms with van der Waals surface area (Å²) in [6.45, 7) is 2.13. The van der Waals surface area contributed by atoms with Crippen LogP contribution in [0, 0.1) is 0 Å². The van der Waals surface area contributed by atoms with Gasteiger partial charge in [-0.3, -0.25) is 0 Å². The molecule has 86 valence electrons. The van der Waals surface area contributed by atoms with Gasteiger partial charge in [0.1, 0.15) is 0 Å². The first kappa shape index (κ1) is 14.8. The molecule has 1 aromatic carbocycles. The minimum Gasteiger partial charge on any atom is -0.873 e. The molecule has 0 aliphatic heterocycles. The van der Waals surface area contributed by atoms with Crippen molar-refractivity contribution in [3.8, 4) is 11.5 Å². The van der Waals surface area contributed by atoms with E-state index >= 15 is 0 Å². The van der Waals surface area contributed by atoms with Crippen molar-refractivity contribution in [1.29, 1.82) is 0 Å². The predicted octanol–water partition coefficient (Wildman–Crippen LogP) is 2.33. The Morgan fingerprint density at radius 2 is 1.73 bits per heavy atom. The minimum absolute atomic E-state index is 0. The zero-order valence-electron chi connectivity index (χ0n) is 8.49. The van der Waals surface area contributed by atoms with E-state index in [-0.39, 0.29) is 16.5 Å². The first-order valence-electron chi connectivity index (χ1n) is 4.81. The van der Waals surface area contributed by atoms with Crippen molar-refractivity contribution in [3.63, 3.8) is 0 Å². The Labute approximate surface area is 109 Å². The van der Waals surface area contributed by atoms with Gasteiger partial charge in [-0.05, 0) is 18.4 Å². The molecule has 0 heterocycles. The van der Waals surface area contributed by atoms with Gasteiger partial charge < -0.3 is 10.2 Å². The van der Waals surface area contributed by atoms with Crippen molar-refractivity contribution >= 4 is 15.9 Å². The third-order valence-corrected chi connectivity index (χ3v) is 2.90. The fraction of sp³-hybridized carbons (Fsp3) is 0.455. The van der Waals surface area contributed by atoms with E-state index in [1.54, 1.807) is 0 Å². The second-order valence-corrected chi connectivity index (χ2v) is 4.20. The second kappa shape index (κ2) is 7.13. The molecule has 0 radical (unpaired) electrons. The summed E-state index contributed by atoms with van der Waals surface area (Å²) in [7, 11) is 0. The number of benzene rings is 1. The maximum atomic E-state index is 11.1. The first-order chi connectivity index (χ1) is 6.65. The van der Waals surface area contributed by atoms with Crippen molar-refractivity contribution < 1.29 is 26.7 Å². The molecule has 0 fully saturated rings. The molecule has 0 N–H and O–H groups in total. The minimum atomic E-state index is -0.434. The fourth-order valence-corrected chi connectivity index (χ4v) is 1.85. The van der Waals surface area contributed by atoms with E-state index in [9.17, 15) is 10.2 Å². The normalized spacial score (nSPS) is 9.73. The summed E-state index contributed by atoms with van der Waals surface area (Å²) >= 11 is 3.29. The van der Waals surface area contributed by atoms with Crippen LogP contribution in [0.4, 0.5) is 0 Å². The number of rotatable bonds is 4. The van der Waals surface area contributed by atoms with E-state index in [4.69, 9.17) is 0 Å². The van der Waals surface area contributed by atoms with Gasteiger partial charge in [0, 0.05) is 4.47 Å². The Morgan fingerprint density at radius 1 is 1.13 bits per heavy atom. The van der Waals surface area contributed by atoms with Crippen molar-refractivity contribution in [3.05, 3.63) is 22.2 Å². The molecule has 0 bridgehead atoms. The van der Waals surface area contributed by atoms with Crippen LogP contribution in [0.1, 0.15) is 31.7 Å². The average molecular weight is 316 g/mol. The van der Waals surface area contributed by atoms with Crippen LogP contribution < -0.4 is 10.2 Å². The van der Waals surface area contributed by atoms with Gasteiger partial charge in [0.2, 0.25) is 0 Å². The van der Waals surface area contributed by atoms with E-state index in [0.29, 0.717) is 0 Å². The Morgan fingerprint density at radius 3 is 2.33 bits per heavy atom. The van der Waals surface area contributed by atoms with Crippen LogP contribution in [-0.2, 0) is 22.9 Å². The fourth-order valence-electron chi connectivity index (χ4n) is 1.33.